The van der Waals surface area contributed by atoms with E-state index >= 15 is 0 Å². The minimum absolute atomic E-state index is 0.569. The van der Waals surface area contributed by atoms with Crippen molar-refractivity contribution in [3.63, 3.8) is 0 Å². The van der Waals surface area contributed by atoms with Crippen molar-refractivity contribution < 1.29 is 0 Å². The van der Waals surface area contributed by atoms with Crippen molar-refractivity contribution in [2.24, 2.45) is 5.92 Å². The van der Waals surface area contributed by atoms with Gasteiger partial charge >= 0.3 is 0 Å². The smallest absolute Gasteiger partial charge is 0.129 e. The minimum Gasteiger partial charge on any atom is -0.370 e. The topological polar surface area (TPSA) is 16.1 Å². The van der Waals surface area contributed by atoms with E-state index in [2.05, 4.69) is 16.8 Å². The largest absolute Gasteiger partial charge is 0.370 e. The highest BCUT2D eigenvalue weighted by atomic mass is 35.5. The van der Waals surface area contributed by atoms with Gasteiger partial charge in [-0.3, -0.25) is 0 Å². The molecule has 0 amide bonds. The van der Waals surface area contributed by atoms with Crippen molar-refractivity contribution in [3.05, 3.63) is 23.5 Å². The maximum Gasteiger partial charge on any atom is 0.129 e. The summed E-state index contributed by atoms with van der Waals surface area (Å²) in [5, 5.41) is 0.569. The predicted molar refractivity (Wildman–Crippen MR) is 59.9 cm³/mol. The van der Waals surface area contributed by atoms with Crippen molar-refractivity contribution in [3.8, 4) is 0 Å². The summed E-state index contributed by atoms with van der Waals surface area (Å²) in [5.41, 5.74) is 1.20. The van der Waals surface area contributed by atoms with Crippen LogP contribution in [0.4, 0.5) is 5.69 Å². The molecule has 1 saturated heterocycles. The van der Waals surface area contributed by atoms with Crippen LogP contribution >= 0.6 is 11.6 Å². The van der Waals surface area contributed by atoms with E-state index < -0.39 is 0 Å². The molecule has 0 spiro atoms. The highest BCUT2D eigenvalue weighted by molar-refractivity contribution is 6.29. The van der Waals surface area contributed by atoms with E-state index in [0.29, 0.717) is 5.15 Å². The van der Waals surface area contributed by atoms with Crippen molar-refractivity contribution in [2.75, 3.05) is 18.0 Å². The van der Waals surface area contributed by atoms with Gasteiger partial charge < -0.3 is 4.90 Å². The maximum atomic E-state index is 5.74. The standard InChI is InChI=1S/C11H15ClN2/c1-9-4-6-14(7-5-9)10-2-3-11(12)13-8-10/h2-3,8-9H,4-7H2,1H3. The van der Waals surface area contributed by atoms with Gasteiger partial charge in [0.25, 0.3) is 0 Å². The van der Waals surface area contributed by atoms with Crippen LogP contribution in [0.5, 0.6) is 0 Å². The second kappa shape index (κ2) is 4.18. The van der Waals surface area contributed by atoms with Crippen LogP contribution in [0.15, 0.2) is 18.3 Å². The van der Waals surface area contributed by atoms with Crippen LogP contribution < -0.4 is 4.90 Å². The average molecular weight is 211 g/mol. The number of hydrogen-bond donors (Lipinski definition) is 0. The summed E-state index contributed by atoms with van der Waals surface area (Å²) in [6, 6.07) is 3.90. The number of halogens is 1. The molecule has 0 aromatic carbocycles. The van der Waals surface area contributed by atoms with E-state index in [0.717, 1.165) is 19.0 Å². The molecule has 0 atom stereocenters. The van der Waals surface area contributed by atoms with Gasteiger partial charge in [0.05, 0.1) is 11.9 Å². The van der Waals surface area contributed by atoms with Gasteiger partial charge in [-0.2, -0.15) is 0 Å². The number of hydrogen-bond acceptors (Lipinski definition) is 2. The Kier molecular flexibility index (Phi) is 2.92. The molecule has 0 saturated carbocycles. The zero-order valence-corrected chi connectivity index (χ0v) is 9.17. The summed E-state index contributed by atoms with van der Waals surface area (Å²) >= 11 is 5.74. The third kappa shape index (κ3) is 2.18. The molecule has 2 nitrogen and oxygen atoms in total. The number of anilines is 1. The summed E-state index contributed by atoms with van der Waals surface area (Å²) in [6.07, 6.45) is 4.42. The molecule has 3 heteroatoms. The molecule has 1 aliphatic heterocycles. The molecule has 0 bridgehead atoms. The maximum absolute atomic E-state index is 5.74. The first-order chi connectivity index (χ1) is 6.75. The second-order valence-corrected chi connectivity index (χ2v) is 4.40. The number of nitrogens with zero attached hydrogens (tertiary/aromatic N) is 2. The Morgan fingerprint density at radius 3 is 2.64 bits per heavy atom. The number of piperidine rings is 1. The fourth-order valence-electron chi connectivity index (χ4n) is 1.82. The van der Waals surface area contributed by atoms with Crippen molar-refractivity contribution in [1.29, 1.82) is 0 Å². The van der Waals surface area contributed by atoms with Crippen LogP contribution in [0.3, 0.4) is 0 Å². The highest BCUT2D eigenvalue weighted by Gasteiger charge is 2.15. The third-order valence-electron chi connectivity index (χ3n) is 2.86. The Hall–Kier alpha value is -0.760. The van der Waals surface area contributed by atoms with E-state index in [9.17, 15) is 0 Å². The van der Waals surface area contributed by atoms with Gasteiger partial charge in [0.15, 0.2) is 0 Å². The van der Waals surface area contributed by atoms with Gasteiger partial charge in [0.2, 0.25) is 0 Å². The molecular formula is C11H15ClN2. The second-order valence-electron chi connectivity index (χ2n) is 4.01. The Morgan fingerprint density at radius 1 is 1.36 bits per heavy atom. The lowest BCUT2D eigenvalue weighted by atomic mass is 9.99. The van der Waals surface area contributed by atoms with E-state index in [1.807, 2.05) is 18.3 Å². The summed E-state index contributed by atoms with van der Waals surface area (Å²) in [5.74, 6) is 0.867. The van der Waals surface area contributed by atoms with E-state index in [1.165, 1.54) is 18.5 Å². The molecule has 76 valence electrons. The van der Waals surface area contributed by atoms with Crippen molar-refractivity contribution in [1.82, 2.24) is 4.98 Å². The van der Waals surface area contributed by atoms with Gasteiger partial charge in [-0.15, -0.1) is 0 Å². The lowest BCUT2D eigenvalue weighted by Gasteiger charge is -2.31. The van der Waals surface area contributed by atoms with Crippen LogP contribution in [0.2, 0.25) is 5.15 Å². The van der Waals surface area contributed by atoms with E-state index in [4.69, 9.17) is 11.6 Å². The van der Waals surface area contributed by atoms with Crippen molar-refractivity contribution in [2.45, 2.75) is 19.8 Å². The SMILES string of the molecule is CC1CCN(c2ccc(Cl)nc2)CC1. The molecule has 0 N–H and O–H groups in total. The molecule has 0 unspecified atom stereocenters. The number of pyridine rings is 1. The van der Waals surface area contributed by atoms with Gasteiger partial charge in [-0.1, -0.05) is 18.5 Å². The molecule has 1 aromatic heterocycles. The summed E-state index contributed by atoms with van der Waals surface area (Å²) < 4.78 is 0. The highest BCUT2D eigenvalue weighted by Crippen LogP contribution is 2.22. The summed E-state index contributed by atoms with van der Waals surface area (Å²) in [4.78, 5) is 6.48. The first-order valence-electron chi connectivity index (χ1n) is 5.12. The number of rotatable bonds is 1. The lowest BCUT2D eigenvalue weighted by Crippen LogP contribution is -2.32. The Bertz CT molecular complexity index is 289. The monoisotopic (exact) mass is 210 g/mol. The Labute approximate surface area is 89.9 Å². The molecule has 2 heterocycles. The zero-order valence-electron chi connectivity index (χ0n) is 8.41. The zero-order chi connectivity index (χ0) is 9.97. The summed E-state index contributed by atoms with van der Waals surface area (Å²) in [7, 11) is 0. The Morgan fingerprint density at radius 2 is 2.07 bits per heavy atom. The fraction of sp³-hybridized carbons (Fsp3) is 0.545. The molecule has 1 aliphatic rings. The average Bonchev–Trinajstić information content (AvgIpc) is 2.21. The minimum atomic E-state index is 0.569. The molecule has 1 aromatic rings. The summed E-state index contributed by atoms with van der Waals surface area (Å²) in [6.45, 7) is 4.60. The van der Waals surface area contributed by atoms with E-state index in [1.54, 1.807) is 0 Å². The van der Waals surface area contributed by atoms with Crippen LogP contribution in [-0.2, 0) is 0 Å². The van der Waals surface area contributed by atoms with Crippen LogP contribution in [0.25, 0.3) is 0 Å². The third-order valence-corrected chi connectivity index (χ3v) is 3.08. The van der Waals surface area contributed by atoms with Gasteiger partial charge in [-0.25, -0.2) is 4.98 Å². The van der Waals surface area contributed by atoms with Crippen molar-refractivity contribution >= 4 is 17.3 Å². The van der Waals surface area contributed by atoms with Gasteiger partial charge in [-0.05, 0) is 30.9 Å². The fourth-order valence-corrected chi connectivity index (χ4v) is 1.93. The quantitative estimate of drug-likeness (QED) is 0.663. The predicted octanol–water partition coefficient (Wildman–Crippen LogP) is 2.97. The first-order valence-corrected chi connectivity index (χ1v) is 5.50. The molecule has 1 fully saturated rings. The van der Waals surface area contributed by atoms with Crippen LogP contribution in [0.1, 0.15) is 19.8 Å². The molecular weight excluding hydrogens is 196 g/mol. The molecule has 0 aliphatic carbocycles. The van der Waals surface area contributed by atoms with E-state index in [-0.39, 0.29) is 0 Å². The normalized spacial score (nSPS) is 18.6. The van der Waals surface area contributed by atoms with Gasteiger partial charge in [0.1, 0.15) is 5.15 Å². The van der Waals surface area contributed by atoms with Crippen LogP contribution in [-0.4, -0.2) is 18.1 Å². The van der Waals surface area contributed by atoms with Gasteiger partial charge in [0, 0.05) is 13.1 Å². The number of aromatic nitrogens is 1. The Balaban J connectivity index is 2.05. The van der Waals surface area contributed by atoms with Crippen LogP contribution in [0, 0.1) is 5.92 Å². The molecule has 2 rings (SSSR count). The molecule has 0 radical (unpaired) electrons. The lowest BCUT2D eigenvalue weighted by molar-refractivity contribution is 0.438. The molecule has 14 heavy (non-hydrogen) atoms. The first kappa shape index (κ1) is 9.78.